The van der Waals surface area contributed by atoms with Gasteiger partial charge in [-0.15, -0.1) is 11.3 Å². The molecular formula is C15H14ClNO3S. The maximum absolute atomic E-state index is 6.42. The van der Waals surface area contributed by atoms with Gasteiger partial charge in [-0.3, -0.25) is 4.98 Å². The monoisotopic (exact) mass is 323 g/mol. The van der Waals surface area contributed by atoms with Gasteiger partial charge in [0.25, 0.3) is 0 Å². The van der Waals surface area contributed by atoms with Crippen LogP contribution >= 0.6 is 22.9 Å². The van der Waals surface area contributed by atoms with Crippen LogP contribution < -0.4 is 0 Å². The van der Waals surface area contributed by atoms with Crippen LogP contribution in [0.2, 0.25) is 4.34 Å². The predicted molar refractivity (Wildman–Crippen MR) is 79.7 cm³/mol. The fraction of sp³-hybridized carbons (Fsp3) is 0.400. The summed E-state index contributed by atoms with van der Waals surface area (Å²) in [6.45, 7) is 1.93. The first kappa shape index (κ1) is 13.7. The first-order valence-corrected chi connectivity index (χ1v) is 8.10. The third-order valence-corrected chi connectivity index (χ3v) is 5.11. The highest BCUT2D eigenvalue weighted by Crippen LogP contribution is 2.42. The maximum Gasteiger partial charge on any atom is 0.193 e. The molecule has 0 saturated carbocycles. The number of pyridine rings is 1. The number of rotatable bonds is 2. The highest BCUT2D eigenvalue weighted by Gasteiger charge is 2.29. The molecule has 0 aliphatic carbocycles. The van der Waals surface area contributed by atoms with E-state index in [0.717, 1.165) is 22.6 Å². The Morgan fingerprint density at radius 1 is 1.19 bits per heavy atom. The van der Waals surface area contributed by atoms with Crippen molar-refractivity contribution in [2.24, 2.45) is 0 Å². The van der Waals surface area contributed by atoms with Crippen molar-refractivity contribution in [1.29, 1.82) is 0 Å². The summed E-state index contributed by atoms with van der Waals surface area (Å²) in [6.07, 6.45) is 2.19. The molecule has 0 spiro atoms. The summed E-state index contributed by atoms with van der Waals surface area (Å²) in [5, 5.41) is 0. The number of ether oxygens (including phenoxy) is 3. The second-order valence-electron chi connectivity index (χ2n) is 5.00. The highest BCUT2D eigenvalue weighted by atomic mass is 35.5. The molecule has 2 aliphatic heterocycles. The van der Waals surface area contributed by atoms with Crippen LogP contribution in [0.4, 0.5) is 0 Å². The van der Waals surface area contributed by atoms with Gasteiger partial charge in [0.05, 0.1) is 34.7 Å². The van der Waals surface area contributed by atoms with Gasteiger partial charge in [0.15, 0.2) is 6.29 Å². The molecule has 1 unspecified atom stereocenters. The lowest BCUT2D eigenvalue weighted by Crippen LogP contribution is -2.18. The first-order valence-electron chi connectivity index (χ1n) is 6.90. The van der Waals surface area contributed by atoms with Crippen molar-refractivity contribution in [3.63, 3.8) is 0 Å². The van der Waals surface area contributed by atoms with E-state index < -0.39 is 0 Å². The fourth-order valence-electron chi connectivity index (χ4n) is 2.72. The lowest BCUT2D eigenvalue weighted by molar-refractivity contribution is -0.0414. The van der Waals surface area contributed by atoms with Crippen LogP contribution in [-0.4, -0.2) is 24.8 Å². The average molecular weight is 324 g/mol. The quantitative estimate of drug-likeness (QED) is 0.848. The zero-order valence-corrected chi connectivity index (χ0v) is 12.8. The molecule has 1 fully saturated rings. The molecular weight excluding hydrogens is 310 g/mol. The maximum atomic E-state index is 6.42. The summed E-state index contributed by atoms with van der Waals surface area (Å²) < 4.78 is 17.7. The lowest BCUT2D eigenvalue weighted by Gasteiger charge is -2.24. The summed E-state index contributed by atoms with van der Waals surface area (Å²) in [5.41, 5.74) is 3.14. The van der Waals surface area contributed by atoms with E-state index in [1.807, 2.05) is 12.1 Å². The summed E-state index contributed by atoms with van der Waals surface area (Å²) in [6, 6.07) is 6.09. The molecule has 0 radical (unpaired) electrons. The summed E-state index contributed by atoms with van der Waals surface area (Å²) >= 11 is 7.91. The van der Waals surface area contributed by atoms with Gasteiger partial charge in [-0.1, -0.05) is 17.7 Å². The van der Waals surface area contributed by atoms with E-state index in [-0.39, 0.29) is 12.4 Å². The molecule has 2 aliphatic rings. The Kier molecular flexibility index (Phi) is 3.69. The summed E-state index contributed by atoms with van der Waals surface area (Å²) in [5.74, 6) is 0. The molecule has 2 aromatic rings. The minimum atomic E-state index is -0.298. The van der Waals surface area contributed by atoms with Crippen LogP contribution in [0.25, 0.3) is 0 Å². The number of halogens is 1. The number of hydrogen-bond donors (Lipinski definition) is 0. The smallest absolute Gasteiger partial charge is 0.193 e. The van der Waals surface area contributed by atoms with Crippen molar-refractivity contribution in [2.45, 2.75) is 18.8 Å². The fourth-order valence-corrected chi connectivity index (χ4v) is 4.05. The molecule has 21 heavy (non-hydrogen) atoms. The molecule has 2 aromatic heterocycles. The van der Waals surface area contributed by atoms with Crippen LogP contribution in [0.3, 0.4) is 0 Å². The molecule has 4 nitrogen and oxygen atoms in total. The van der Waals surface area contributed by atoms with E-state index in [4.69, 9.17) is 25.8 Å². The second kappa shape index (κ2) is 5.66. The van der Waals surface area contributed by atoms with Crippen molar-refractivity contribution in [1.82, 2.24) is 4.98 Å². The van der Waals surface area contributed by atoms with E-state index in [1.54, 1.807) is 6.20 Å². The van der Waals surface area contributed by atoms with Crippen LogP contribution in [-0.2, 0) is 20.6 Å². The van der Waals surface area contributed by atoms with E-state index in [9.17, 15) is 0 Å². The Labute approximate surface area is 131 Å². The number of aromatic nitrogens is 1. The van der Waals surface area contributed by atoms with E-state index in [1.165, 1.54) is 16.9 Å². The summed E-state index contributed by atoms with van der Waals surface area (Å²) in [7, 11) is 0. The number of thiophene rings is 1. The standard InChI is InChI=1S/C15H14ClNO3S/c16-14-10(8-11(21-14)15-19-6-7-20-15)13-12-9(3-5-18-13)2-1-4-17-12/h1-2,4,8,13,15H,3,5-7H2. The van der Waals surface area contributed by atoms with Gasteiger partial charge in [-0.05, 0) is 24.1 Å². The minimum absolute atomic E-state index is 0.200. The number of fused-ring (bicyclic) bond motifs is 1. The molecule has 1 saturated heterocycles. The molecule has 0 bridgehead atoms. The number of nitrogens with zero attached hydrogens (tertiary/aromatic N) is 1. The Balaban J connectivity index is 1.71. The van der Waals surface area contributed by atoms with Gasteiger partial charge in [-0.2, -0.15) is 0 Å². The number of hydrogen-bond acceptors (Lipinski definition) is 5. The third kappa shape index (κ3) is 2.49. The molecule has 1 atom stereocenters. The normalized spacial score (nSPS) is 22.4. The van der Waals surface area contributed by atoms with Gasteiger partial charge in [0, 0.05) is 11.8 Å². The van der Waals surface area contributed by atoms with Crippen LogP contribution in [0, 0.1) is 0 Å². The van der Waals surface area contributed by atoms with Crippen LogP contribution in [0.5, 0.6) is 0 Å². The van der Waals surface area contributed by atoms with Gasteiger partial charge in [0.2, 0.25) is 0 Å². The third-order valence-electron chi connectivity index (χ3n) is 3.70. The largest absolute Gasteiger partial charge is 0.367 e. The van der Waals surface area contributed by atoms with Gasteiger partial charge in [0.1, 0.15) is 6.10 Å². The molecule has 4 heterocycles. The van der Waals surface area contributed by atoms with Gasteiger partial charge >= 0.3 is 0 Å². The second-order valence-corrected chi connectivity index (χ2v) is 6.69. The zero-order chi connectivity index (χ0) is 14.2. The van der Waals surface area contributed by atoms with Crippen molar-refractivity contribution in [3.05, 3.63) is 50.4 Å². The van der Waals surface area contributed by atoms with Crippen molar-refractivity contribution >= 4 is 22.9 Å². The Bertz CT molecular complexity index is 654. The zero-order valence-electron chi connectivity index (χ0n) is 11.3. The highest BCUT2D eigenvalue weighted by molar-refractivity contribution is 7.16. The van der Waals surface area contributed by atoms with E-state index >= 15 is 0 Å². The van der Waals surface area contributed by atoms with E-state index in [0.29, 0.717) is 24.2 Å². The van der Waals surface area contributed by atoms with Crippen molar-refractivity contribution < 1.29 is 14.2 Å². The first-order chi connectivity index (χ1) is 10.3. The topological polar surface area (TPSA) is 40.6 Å². The van der Waals surface area contributed by atoms with Crippen molar-refractivity contribution in [3.8, 4) is 0 Å². The Morgan fingerprint density at radius 3 is 2.90 bits per heavy atom. The molecule has 0 aromatic carbocycles. The molecule has 110 valence electrons. The lowest BCUT2D eigenvalue weighted by atomic mass is 9.99. The molecule has 0 N–H and O–H groups in total. The van der Waals surface area contributed by atoms with Gasteiger partial charge in [-0.25, -0.2) is 0 Å². The minimum Gasteiger partial charge on any atom is -0.367 e. The Hall–Kier alpha value is -0.980. The van der Waals surface area contributed by atoms with E-state index in [2.05, 4.69) is 11.1 Å². The molecule has 0 amide bonds. The molecule has 6 heteroatoms. The average Bonchev–Trinajstić information content (AvgIpc) is 3.16. The van der Waals surface area contributed by atoms with Crippen molar-refractivity contribution in [2.75, 3.05) is 19.8 Å². The Morgan fingerprint density at radius 2 is 2.05 bits per heavy atom. The molecule has 4 rings (SSSR count). The van der Waals surface area contributed by atoms with Crippen LogP contribution in [0.1, 0.15) is 34.1 Å². The van der Waals surface area contributed by atoms with Gasteiger partial charge < -0.3 is 14.2 Å². The summed E-state index contributed by atoms with van der Waals surface area (Å²) in [4.78, 5) is 5.47. The predicted octanol–water partition coefficient (Wildman–Crippen LogP) is 3.50. The van der Waals surface area contributed by atoms with Crippen LogP contribution in [0.15, 0.2) is 24.4 Å². The SMILES string of the molecule is Clc1sc(C2OCCO2)cc1C1OCCc2cccnc21.